The highest BCUT2D eigenvalue weighted by atomic mass is 35.5. The van der Waals surface area contributed by atoms with Gasteiger partial charge in [-0.25, -0.2) is 4.98 Å². The SMILES string of the molecule is CCC(NC(C)c1nccs1)c1ccc(Cl)c(Cl)c1. The highest BCUT2D eigenvalue weighted by molar-refractivity contribution is 7.09. The van der Waals surface area contributed by atoms with E-state index in [4.69, 9.17) is 23.2 Å². The van der Waals surface area contributed by atoms with Crippen molar-refractivity contribution in [1.29, 1.82) is 0 Å². The normalized spacial score (nSPS) is 14.3. The van der Waals surface area contributed by atoms with Gasteiger partial charge in [0.2, 0.25) is 0 Å². The summed E-state index contributed by atoms with van der Waals surface area (Å²) in [5.74, 6) is 0. The Bertz CT molecular complexity index is 528. The minimum Gasteiger partial charge on any atom is -0.301 e. The molecule has 0 aliphatic heterocycles. The molecule has 2 atom stereocenters. The van der Waals surface area contributed by atoms with Crippen molar-refractivity contribution < 1.29 is 0 Å². The molecule has 102 valence electrons. The van der Waals surface area contributed by atoms with E-state index < -0.39 is 0 Å². The van der Waals surface area contributed by atoms with Crippen molar-refractivity contribution in [3.63, 3.8) is 0 Å². The Morgan fingerprint density at radius 2 is 2.11 bits per heavy atom. The zero-order valence-electron chi connectivity index (χ0n) is 10.9. The van der Waals surface area contributed by atoms with Gasteiger partial charge < -0.3 is 5.32 Å². The topological polar surface area (TPSA) is 24.9 Å². The first-order chi connectivity index (χ1) is 9.11. The lowest BCUT2D eigenvalue weighted by atomic mass is 10.0. The van der Waals surface area contributed by atoms with Gasteiger partial charge in [0.05, 0.1) is 16.1 Å². The predicted octanol–water partition coefficient (Wildman–Crippen LogP) is 5.25. The fourth-order valence-electron chi connectivity index (χ4n) is 2.00. The molecule has 2 rings (SSSR count). The smallest absolute Gasteiger partial charge is 0.109 e. The molecule has 5 heteroatoms. The fourth-order valence-corrected chi connectivity index (χ4v) is 2.96. The lowest BCUT2D eigenvalue weighted by molar-refractivity contribution is 0.455. The van der Waals surface area contributed by atoms with Gasteiger partial charge in [0.1, 0.15) is 5.01 Å². The summed E-state index contributed by atoms with van der Waals surface area (Å²) in [5.41, 5.74) is 1.15. The van der Waals surface area contributed by atoms with E-state index in [1.165, 1.54) is 0 Å². The van der Waals surface area contributed by atoms with Gasteiger partial charge >= 0.3 is 0 Å². The summed E-state index contributed by atoms with van der Waals surface area (Å²) in [6, 6.07) is 6.26. The van der Waals surface area contributed by atoms with E-state index in [9.17, 15) is 0 Å². The maximum absolute atomic E-state index is 6.08. The Morgan fingerprint density at radius 1 is 1.32 bits per heavy atom. The molecule has 1 aromatic carbocycles. The maximum Gasteiger partial charge on any atom is 0.109 e. The Morgan fingerprint density at radius 3 is 2.68 bits per heavy atom. The van der Waals surface area contributed by atoms with Crippen molar-refractivity contribution in [3.8, 4) is 0 Å². The third-order valence-corrected chi connectivity index (χ3v) is 4.72. The number of hydrogen-bond donors (Lipinski definition) is 1. The maximum atomic E-state index is 6.08. The van der Waals surface area contributed by atoms with Gasteiger partial charge in [-0.2, -0.15) is 0 Å². The van der Waals surface area contributed by atoms with E-state index in [1.807, 2.05) is 29.8 Å². The summed E-state index contributed by atoms with van der Waals surface area (Å²) in [4.78, 5) is 4.34. The Labute approximate surface area is 127 Å². The van der Waals surface area contributed by atoms with Crippen LogP contribution < -0.4 is 5.32 Å². The Hall–Kier alpha value is -0.610. The summed E-state index contributed by atoms with van der Waals surface area (Å²) in [7, 11) is 0. The fraction of sp³-hybridized carbons (Fsp3) is 0.357. The van der Waals surface area contributed by atoms with Crippen LogP contribution in [0.1, 0.15) is 42.9 Å². The number of nitrogens with one attached hydrogen (secondary N) is 1. The second kappa shape index (κ2) is 6.71. The Kier molecular flexibility index (Phi) is 5.22. The number of nitrogens with zero attached hydrogens (tertiary/aromatic N) is 1. The van der Waals surface area contributed by atoms with Crippen LogP contribution in [0.15, 0.2) is 29.8 Å². The van der Waals surface area contributed by atoms with E-state index in [0.29, 0.717) is 10.0 Å². The first-order valence-electron chi connectivity index (χ1n) is 6.22. The summed E-state index contributed by atoms with van der Waals surface area (Å²) in [6.07, 6.45) is 2.81. The van der Waals surface area contributed by atoms with Crippen LogP contribution in [0, 0.1) is 0 Å². The number of hydrogen-bond acceptors (Lipinski definition) is 3. The first-order valence-corrected chi connectivity index (χ1v) is 7.85. The monoisotopic (exact) mass is 314 g/mol. The van der Waals surface area contributed by atoms with Gasteiger partial charge in [-0.3, -0.25) is 0 Å². The van der Waals surface area contributed by atoms with Crippen molar-refractivity contribution >= 4 is 34.5 Å². The van der Waals surface area contributed by atoms with Gasteiger partial charge in [-0.1, -0.05) is 36.2 Å². The molecule has 0 saturated heterocycles. The zero-order chi connectivity index (χ0) is 13.8. The van der Waals surface area contributed by atoms with Crippen molar-refractivity contribution in [3.05, 3.63) is 50.4 Å². The number of benzene rings is 1. The van der Waals surface area contributed by atoms with Crippen LogP contribution in [-0.2, 0) is 0 Å². The molecule has 2 aromatic rings. The summed E-state index contributed by atoms with van der Waals surface area (Å²) in [6.45, 7) is 4.27. The third kappa shape index (κ3) is 3.69. The third-order valence-electron chi connectivity index (χ3n) is 3.03. The average Bonchev–Trinajstić information content (AvgIpc) is 2.93. The van der Waals surface area contributed by atoms with E-state index >= 15 is 0 Å². The molecule has 1 aromatic heterocycles. The molecule has 0 bridgehead atoms. The van der Waals surface area contributed by atoms with Crippen LogP contribution >= 0.6 is 34.5 Å². The summed E-state index contributed by atoms with van der Waals surface area (Å²) in [5, 5.41) is 7.86. The largest absolute Gasteiger partial charge is 0.301 e. The summed E-state index contributed by atoms with van der Waals surface area (Å²) < 4.78 is 0. The molecule has 0 saturated carbocycles. The van der Waals surface area contributed by atoms with E-state index in [0.717, 1.165) is 17.0 Å². The molecule has 19 heavy (non-hydrogen) atoms. The molecular weight excluding hydrogens is 299 g/mol. The minimum atomic E-state index is 0.222. The lowest BCUT2D eigenvalue weighted by Crippen LogP contribution is -2.24. The predicted molar refractivity (Wildman–Crippen MR) is 83.2 cm³/mol. The zero-order valence-corrected chi connectivity index (χ0v) is 13.2. The van der Waals surface area contributed by atoms with Gasteiger partial charge in [-0.05, 0) is 31.0 Å². The molecule has 0 amide bonds. The molecule has 0 fully saturated rings. The van der Waals surface area contributed by atoms with E-state index in [2.05, 4.69) is 24.1 Å². The number of rotatable bonds is 5. The molecular formula is C14H16Cl2N2S. The van der Waals surface area contributed by atoms with Gasteiger partial charge in [0.25, 0.3) is 0 Å². The molecule has 0 aliphatic rings. The number of halogens is 2. The van der Waals surface area contributed by atoms with Crippen LogP contribution in [0.3, 0.4) is 0 Å². The standard InChI is InChI=1S/C14H16Cl2N2S/c1-3-13(10-4-5-11(15)12(16)8-10)18-9(2)14-17-6-7-19-14/h4-9,13,18H,3H2,1-2H3. The second-order valence-electron chi connectivity index (χ2n) is 4.39. The van der Waals surface area contributed by atoms with Crippen LogP contribution in [0.25, 0.3) is 0 Å². The highest BCUT2D eigenvalue weighted by Gasteiger charge is 2.16. The van der Waals surface area contributed by atoms with Crippen molar-refractivity contribution in [2.45, 2.75) is 32.4 Å². The van der Waals surface area contributed by atoms with Crippen LogP contribution in [-0.4, -0.2) is 4.98 Å². The van der Waals surface area contributed by atoms with Crippen LogP contribution in [0.5, 0.6) is 0 Å². The van der Waals surface area contributed by atoms with Crippen molar-refractivity contribution in [2.75, 3.05) is 0 Å². The molecule has 1 N–H and O–H groups in total. The van der Waals surface area contributed by atoms with Gasteiger partial charge in [0.15, 0.2) is 0 Å². The molecule has 2 unspecified atom stereocenters. The molecule has 1 heterocycles. The first kappa shape index (κ1) is 14.8. The van der Waals surface area contributed by atoms with E-state index in [-0.39, 0.29) is 12.1 Å². The number of aromatic nitrogens is 1. The average molecular weight is 315 g/mol. The second-order valence-corrected chi connectivity index (χ2v) is 6.13. The molecule has 0 spiro atoms. The van der Waals surface area contributed by atoms with Crippen molar-refractivity contribution in [2.24, 2.45) is 0 Å². The highest BCUT2D eigenvalue weighted by Crippen LogP contribution is 2.28. The van der Waals surface area contributed by atoms with Crippen molar-refractivity contribution in [1.82, 2.24) is 10.3 Å². The van der Waals surface area contributed by atoms with E-state index in [1.54, 1.807) is 11.3 Å². The summed E-state index contributed by atoms with van der Waals surface area (Å²) >= 11 is 13.7. The van der Waals surface area contributed by atoms with Gasteiger partial charge in [-0.15, -0.1) is 11.3 Å². The van der Waals surface area contributed by atoms with Crippen LogP contribution in [0.2, 0.25) is 10.0 Å². The lowest BCUT2D eigenvalue weighted by Gasteiger charge is -2.21. The molecule has 0 aliphatic carbocycles. The van der Waals surface area contributed by atoms with Gasteiger partial charge in [0, 0.05) is 17.6 Å². The van der Waals surface area contributed by atoms with Crippen LogP contribution in [0.4, 0.5) is 0 Å². The Balaban J connectivity index is 2.13. The number of thiazole rings is 1. The molecule has 2 nitrogen and oxygen atoms in total. The quantitative estimate of drug-likeness (QED) is 0.815. The molecule has 0 radical (unpaired) electrons. The minimum absolute atomic E-state index is 0.222.